The topological polar surface area (TPSA) is 59.0 Å². The van der Waals surface area contributed by atoms with E-state index in [0.717, 1.165) is 25.8 Å². The van der Waals surface area contributed by atoms with Gasteiger partial charge in [-0.15, -0.1) is 0 Å². The molecule has 27 heavy (non-hydrogen) atoms. The van der Waals surface area contributed by atoms with Crippen LogP contribution in [0.15, 0.2) is 24.3 Å². The standard InChI is InChI=1S/C22H25NO4/c1-12(24)14-11-20-6-7-22(14,26-3)19-21(20)8-9-23(2)16(20)10-13-4-5-15(25)18(27-19)17(13)21/h4-7,14,16,19,25H,8-11H2,1-3H3/t14-,16-,19-,20-,21+,22-/m1/s1. The first-order chi connectivity index (χ1) is 12.9. The van der Waals surface area contributed by atoms with Crippen LogP contribution in [0.1, 0.15) is 30.9 Å². The van der Waals surface area contributed by atoms with Crippen LogP contribution >= 0.6 is 0 Å². The lowest BCUT2D eigenvalue weighted by Gasteiger charge is -2.70. The molecular weight excluding hydrogens is 342 g/mol. The van der Waals surface area contributed by atoms with Gasteiger partial charge < -0.3 is 19.5 Å². The fraction of sp³-hybridized carbons (Fsp3) is 0.591. The number of hydrogen-bond acceptors (Lipinski definition) is 5. The summed E-state index contributed by atoms with van der Waals surface area (Å²) in [7, 11) is 3.89. The van der Waals surface area contributed by atoms with Crippen molar-refractivity contribution in [2.75, 3.05) is 20.7 Å². The Morgan fingerprint density at radius 3 is 2.93 bits per heavy atom. The van der Waals surface area contributed by atoms with Crippen LogP contribution in [0.5, 0.6) is 11.5 Å². The van der Waals surface area contributed by atoms with Gasteiger partial charge in [0, 0.05) is 24.1 Å². The number of rotatable bonds is 2. The van der Waals surface area contributed by atoms with Gasteiger partial charge in [0.2, 0.25) is 0 Å². The third-order valence-corrected chi connectivity index (χ3v) is 8.56. The Kier molecular flexibility index (Phi) is 2.74. The van der Waals surface area contributed by atoms with E-state index in [4.69, 9.17) is 9.47 Å². The predicted molar refractivity (Wildman–Crippen MR) is 99.0 cm³/mol. The molecule has 1 saturated carbocycles. The number of ether oxygens (including phenoxy) is 2. The third kappa shape index (κ3) is 1.43. The molecule has 142 valence electrons. The largest absolute Gasteiger partial charge is 0.504 e. The van der Waals surface area contributed by atoms with Gasteiger partial charge in [0.05, 0.1) is 11.3 Å². The van der Waals surface area contributed by atoms with E-state index in [0.29, 0.717) is 11.8 Å². The third-order valence-electron chi connectivity index (χ3n) is 8.56. The molecule has 6 aliphatic rings. The highest BCUT2D eigenvalue weighted by Gasteiger charge is 2.79. The van der Waals surface area contributed by atoms with Crippen molar-refractivity contribution in [3.63, 3.8) is 0 Å². The highest BCUT2D eigenvalue weighted by atomic mass is 16.6. The molecule has 2 spiro atoms. The molecule has 7 rings (SSSR count). The Balaban J connectivity index is 1.73. The number of hydrogen-bond donors (Lipinski definition) is 1. The number of Topliss-reactive ketones (excluding diaryl/α,β-unsaturated/α-hetero) is 1. The summed E-state index contributed by atoms with van der Waals surface area (Å²) in [5, 5.41) is 10.6. The molecule has 1 aromatic rings. The maximum atomic E-state index is 12.7. The highest BCUT2D eigenvalue weighted by molar-refractivity contribution is 5.82. The molecule has 6 atom stereocenters. The molecule has 0 aromatic heterocycles. The molecule has 2 heterocycles. The van der Waals surface area contributed by atoms with Crippen LogP contribution in [0.25, 0.3) is 0 Å². The molecular formula is C22H25NO4. The maximum absolute atomic E-state index is 12.7. The van der Waals surface area contributed by atoms with E-state index >= 15 is 0 Å². The second-order valence-electron chi connectivity index (χ2n) is 9.17. The lowest BCUT2D eigenvalue weighted by Crippen LogP contribution is -2.79. The Bertz CT molecular complexity index is 925. The summed E-state index contributed by atoms with van der Waals surface area (Å²) in [5.41, 5.74) is 1.30. The van der Waals surface area contributed by atoms with E-state index in [-0.39, 0.29) is 34.4 Å². The maximum Gasteiger partial charge on any atom is 0.165 e. The average molecular weight is 367 g/mol. The normalized spacial score (nSPS) is 45.5. The van der Waals surface area contributed by atoms with Gasteiger partial charge in [-0.05, 0) is 51.4 Å². The number of benzene rings is 1. The van der Waals surface area contributed by atoms with Crippen LogP contribution in [0.4, 0.5) is 0 Å². The minimum Gasteiger partial charge on any atom is -0.504 e. The molecule has 4 bridgehead atoms. The number of likely N-dealkylation sites (N-methyl/N-ethyl adjacent to an activating group) is 1. The number of carbonyl (C=O) groups excluding carboxylic acids is 1. The second kappa shape index (κ2) is 4.58. The zero-order chi connectivity index (χ0) is 18.8. The number of phenolic OH excluding ortho intramolecular Hbond substituents is 1. The van der Waals surface area contributed by atoms with Gasteiger partial charge in [-0.25, -0.2) is 0 Å². The molecule has 1 N–H and O–H groups in total. The summed E-state index contributed by atoms with van der Waals surface area (Å²) in [6.07, 6.45) is 6.85. The van der Waals surface area contributed by atoms with E-state index in [1.165, 1.54) is 11.1 Å². The van der Waals surface area contributed by atoms with Crippen LogP contribution in [-0.2, 0) is 21.4 Å². The van der Waals surface area contributed by atoms with Crippen LogP contribution in [0.2, 0.25) is 0 Å². The molecule has 4 aliphatic carbocycles. The molecule has 5 nitrogen and oxygen atoms in total. The summed E-state index contributed by atoms with van der Waals surface area (Å²) < 4.78 is 12.7. The average Bonchev–Trinajstić information content (AvgIpc) is 3.03. The monoisotopic (exact) mass is 367 g/mol. The van der Waals surface area contributed by atoms with Gasteiger partial charge in [0.25, 0.3) is 0 Å². The number of aromatic hydroxyl groups is 1. The van der Waals surface area contributed by atoms with Gasteiger partial charge in [0.1, 0.15) is 17.5 Å². The number of methoxy groups -OCH3 is 1. The lowest BCUT2D eigenvalue weighted by atomic mass is 9.37. The molecule has 1 saturated heterocycles. The summed E-state index contributed by atoms with van der Waals surface area (Å²) >= 11 is 0. The van der Waals surface area contributed by atoms with Crippen molar-refractivity contribution in [3.05, 3.63) is 35.4 Å². The SMILES string of the molecule is CO[C@]12C=C[C@@]3(C[C@@H]1C(C)=O)[C@H]1Cc4ccc(O)c5c4[C@@]3(CCN1C)[C@H]2O5. The molecule has 0 radical (unpaired) electrons. The molecule has 1 aromatic carbocycles. The van der Waals surface area contributed by atoms with Crippen LogP contribution in [0, 0.1) is 11.3 Å². The summed E-state index contributed by atoms with van der Waals surface area (Å²) in [6.45, 7) is 2.66. The van der Waals surface area contributed by atoms with Crippen LogP contribution in [-0.4, -0.2) is 54.2 Å². The second-order valence-corrected chi connectivity index (χ2v) is 9.17. The molecule has 2 fully saturated rings. The zero-order valence-electron chi connectivity index (χ0n) is 16.0. The molecule has 0 unspecified atom stereocenters. The van der Waals surface area contributed by atoms with Crippen molar-refractivity contribution < 1.29 is 19.4 Å². The van der Waals surface area contributed by atoms with Gasteiger partial charge >= 0.3 is 0 Å². The van der Waals surface area contributed by atoms with E-state index in [9.17, 15) is 9.90 Å². The minimum absolute atomic E-state index is 0.158. The number of phenols is 1. The number of ketones is 1. The van der Waals surface area contributed by atoms with Gasteiger partial charge in [-0.1, -0.05) is 18.2 Å². The lowest BCUT2D eigenvalue weighted by molar-refractivity contribution is -0.212. The minimum atomic E-state index is -0.770. The molecule has 2 aliphatic heterocycles. The Morgan fingerprint density at radius 2 is 2.19 bits per heavy atom. The van der Waals surface area contributed by atoms with Crippen molar-refractivity contribution in [3.8, 4) is 11.5 Å². The highest BCUT2D eigenvalue weighted by Crippen LogP contribution is 2.74. The summed E-state index contributed by atoms with van der Waals surface area (Å²) in [6, 6.07) is 4.15. The first kappa shape index (κ1) is 16.1. The number of fused-ring (bicyclic) bond motifs is 1. The Morgan fingerprint density at radius 1 is 1.37 bits per heavy atom. The van der Waals surface area contributed by atoms with E-state index in [1.807, 2.05) is 0 Å². The number of nitrogens with zero attached hydrogens (tertiary/aromatic N) is 1. The quantitative estimate of drug-likeness (QED) is 0.812. The fourth-order valence-electron chi connectivity index (χ4n) is 7.52. The first-order valence-corrected chi connectivity index (χ1v) is 9.89. The van der Waals surface area contributed by atoms with Crippen molar-refractivity contribution in [2.45, 2.75) is 49.3 Å². The first-order valence-electron chi connectivity index (χ1n) is 9.89. The van der Waals surface area contributed by atoms with Gasteiger partial charge in [-0.3, -0.25) is 4.79 Å². The number of carbonyl (C=O) groups is 1. The van der Waals surface area contributed by atoms with E-state index in [2.05, 4.69) is 30.2 Å². The Hall–Kier alpha value is -1.85. The predicted octanol–water partition coefficient (Wildman–Crippen LogP) is 2.20. The van der Waals surface area contributed by atoms with Crippen molar-refractivity contribution in [1.29, 1.82) is 0 Å². The van der Waals surface area contributed by atoms with Gasteiger partial charge in [0.15, 0.2) is 11.5 Å². The van der Waals surface area contributed by atoms with Crippen LogP contribution in [0.3, 0.4) is 0 Å². The Labute approximate surface area is 158 Å². The number of piperidine rings is 1. The van der Waals surface area contributed by atoms with Crippen molar-refractivity contribution in [2.24, 2.45) is 11.3 Å². The smallest absolute Gasteiger partial charge is 0.165 e. The van der Waals surface area contributed by atoms with E-state index < -0.39 is 5.60 Å². The van der Waals surface area contributed by atoms with Gasteiger partial charge in [-0.2, -0.15) is 0 Å². The molecule has 0 amide bonds. The summed E-state index contributed by atoms with van der Waals surface area (Å²) in [5.74, 6) is 0.762. The van der Waals surface area contributed by atoms with Crippen LogP contribution < -0.4 is 4.74 Å². The fourth-order valence-corrected chi connectivity index (χ4v) is 7.52. The number of likely N-dealkylation sites (tertiary alicyclic amines) is 1. The van der Waals surface area contributed by atoms with Crippen molar-refractivity contribution >= 4 is 5.78 Å². The van der Waals surface area contributed by atoms with Crippen molar-refractivity contribution in [1.82, 2.24) is 4.90 Å². The van der Waals surface area contributed by atoms with E-state index in [1.54, 1.807) is 20.1 Å². The summed E-state index contributed by atoms with van der Waals surface area (Å²) in [4.78, 5) is 15.2. The molecule has 5 heteroatoms. The zero-order valence-corrected chi connectivity index (χ0v) is 16.0.